The molecule has 0 N–H and O–H groups in total. The largest absolute Gasteiger partial charge is 0.439 e. The molecule has 0 aliphatic rings. The van der Waals surface area contributed by atoms with Crippen molar-refractivity contribution in [1.29, 1.82) is 0 Å². The van der Waals surface area contributed by atoms with Gasteiger partial charge in [0.05, 0.1) is 5.69 Å². The van der Waals surface area contributed by atoms with Gasteiger partial charge < -0.3 is 4.74 Å². The van der Waals surface area contributed by atoms with Gasteiger partial charge >= 0.3 is 0 Å². The Morgan fingerprint density at radius 1 is 1.00 bits per heavy atom. The van der Waals surface area contributed by atoms with Crippen molar-refractivity contribution in [3.05, 3.63) is 54.2 Å². The van der Waals surface area contributed by atoms with Gasteiger partial charge in [0, 0.05) is 11.8 Å². The van der Waals surface area contributed by atoms with E-state index in [0.29, 0.717) is 11.6 Å². The third kappa shape index (κ3) is 2.73. The summed E-state index contributed by atoms with van der Waals surface area (Å²) in [6, 6.07) is 15.3. The summed E-state index contributed by atoms with van der Waals surface area (Å²) in [5.41, 5.74) is 0.909. The molecule has 76 valence electrons. The van der Waals surface area contributed by atoms with Crippen LogP contribution in [0.5, 0.6) is 11.6 Å². The zero-order valence-electron chi connectivity index (χ0n) is 8.13. The van der Waals surface area contributed by atoms with Crippen LogP contribution in [-0.4, -0.2) is 4.98 Å². The topological polar surface area (TPSA) is 22.1 Å². The maximum absolute atomic E-state index is 5.58. The molecule has 2 nitrogen and oxygen atoms in total. The molecular weight excluding hydrogens is 206 g/mol. The summed E-state index contributed by atoms with van der Waals surface area (Å²) in [6.07, 6.45) is 0. The van der Waals surface area contributed by atoms with Gasteiger partial charge in [0.25, 0.3) is 0 Å². The Hall–Kier alpha value is -1.48. The van der Waals surface area contributed by atoms with Gasteiger partial charge in [0.15, 0.2) is 0 Å². The molecular formula is C12H11NOS. The van der Waals surface area contributed by atoms with Gasteiger partial charge in [0.1, 0.15) is 5.75 Å². The molecule has 2 aromatic rings. The highest BCUT2D eigenvalue weighted by Crippen LogP contribution is 2.18. The number of rotatable bonds is 3. The molecule has 0 aliphatic heterocycles. The van der Waals surface area contributed by atoms with Gasteiger partial charge in [-0.3, -0.25) is 0 Å². The number of thiol groups is 1. The highest BCUT2D eigenvalue weighted by molar-refractivity contribution is 7.79. The van der Waals surface area contributed by atoms with Crippen LogP contribution in [0.4, 0.5) is 0 Å². The van der Waals surface area contributed by atoms with Gasteiger partial charge in [-0.2, -0.15) is 12.6 Å². The molecule has 0 unspecified atom stereocenters. The standard InChI is InChI=1S/C12H11NOS/c15-9-10-5-4-8-12(13-10)14-11-6-2-1-3-7-11/h1-8,15H,9H2. The van der Waals surface area contributed by atoms with Gasteiger partial charge in [0.2, 0.25) is 5.88 Å². The van der Waals surface area contributed by atoms with E-state index in [2.05, 4.69) is 17.6 Å². The predicted molar refractivity (Wildman–Crippen MR) is 63.4 cm³/mol. The fourth-order valence-corrected chi connectivity index (χ4v) is 1.39. The SMILES string of the molecule is SCc1cccc(Oc2ccccc2)n1. The lowest BCUT2D eigenvalue weighted by Gasteiger charge is -2.04. The Morgan fingerprint density at radius 2 is 1.80 bits per heavy atom. The van der Waals surface area contributed by atoms with E-state index in [-0.39, 0.29) is 0 Å². The monoisotopic (exact) mass is 217 g/mol. The number of pyridine rings is 1. The van der Waals surface area contributed by atoms with Crippen LogP contribution in [0, 0.1) is 0 Å². The summed E-state index contributed by atoms with van der Waals surface area (Å²) in [5, 5.41) is 0. The van der Waals surface area contributed by atoms with Crippen LogP contribution in [0.15, 0.2) is 48.5 Å². The van der Waals surface area contributed by atoms with E-state index in [1.807, 2.05) is 48.5 Å². The van der Waals surface area contributed by atoms with E-state index >= 15 is 0 Å². The molecule has 1 heterocycles. The second-order valence-electron chi connectivity index (χ2n) is 3.04. The van der Waals surface area contributed by atoms with E-state index in [0.717, 1.165) is 11.4 Å². The summed E-state index contributed by atoms with van der Waals surface area (Å²) < 4.78 is 5.58. The number of ether oxygens (including phenoxy) is 1. The van der Waals surface area contributed by atoms with Crippen molar-refractivity contribution >= 4 is 12.6 Å². The number of hydrogen-bond acceptors (Lipinski definition) is 3. The molecule has 0 spiro atoms. The zero-order chi connectivity index (χ0) is 10.5. The molecule has 0 atom stereocenters. The fourth-order valence-electron chi connectivity index (χ4n) is 1.21. The Kier molecular flexibility index (Phi) is 3.25. The first-order valence-electron chi connectivity index (χ1n) is 4.68. The third-order valence-corrected chi connectivity index (χ3v) is 2.23. The van der Waals surface area contributed by atoms with Crippen LogP contribution < -0.4 is 4.74 Å². The Bertz CT molecular complexity index is 431. The summed E-state index contributed by atoms with van der Waals surface area (Å²) in [6.45, 7) is 0. The highest BCUT2D eigenvalue weighted by atomic mass is 32.1. The number of hydrogen-bond donors (Lipinski definition) is 1. The lowest BCUT2D eigenvalue weighted by Crippen LogP contribution is -1.90. The third-order valence-electron chi connectivity index (χ3n) is 1.91. The second kappa shape index (κ2) is 4.84. The molecule has 0 saturated heterocycles. The Morgan fingerprint density at radius 3 is 2.53 bits per heavy atom. The maximum atomic E-state index is 5.58. The van der Waals surface area contributed by atoms with Crippen molar-refractivity contribution in [3.8, 4) is 11.6 Å². The fraction of sp³-hybridized carbons (Fsp3) is 0.0833. The molecule has 0 bridgehead atoms. The van der Waals surface area contributed by atoms with Crippen LogP contribution in [-0.2, 0) is 5.75 Å². The van der Waals surface area contributed by atoms with E-state index in [1.165, 1.54) is 0 Å². The van der Waals surface area contributed by atoms with Crippen molar-refractivity contribution in [1.82, 2.24) is 4.98 Å². The van der Waals surface area contributed by atoms with Crippen LogP contribution >= 0.6 is 12.6 Å². The van der Waals surface area contributed by atoms with Crippen molar-refractivity contribution in [2.45, 2.75) is 5.75 Å². The lowest BCUT2D eigenvalue weighted by molar-refractivity contribution is 0.461. The smallest absolute Gasteiger partial charge is 0.219 e. The molecule has 1 aromatic carbocycles. The van der Waals surface area contributed by atoms with Gasteiger partial charge in [-0.05, 0) is 18.2 Å². The molecule has 15 heavy (non-hydrogen) atoms. The number of nitrogens with zero attached hydrogens (tertiary/aromatic N) is 1. The van der Waals surface area contributed by atoms with Crippen LogP contribution in [0.1, 0.15) is 5.69 Å². The molecule has 3 heteroatoms. The molecule has 0 aliphatic carbocycles. The van der Waals surface area contributed by atoms with Crippen molar-refractivity contribution < 1.29 is 4.74 Å². The van der Waals surface area contributed by atoms with Gasteiger partial charge in [-0.1, -0.05) is 24.3 Å². The summed E-state index contributed by atoms with van der Waals surface area (Å²) >= 11 is 4.17. The predicted octanol–water partition coefficient (Wildman–Crippen LogP) is 3.30. The first-order valence-corrected chi connectivity index (χ1v) is 5.31. The minimum atomic E-state index is 0.604. The molecule has 0 fully saturated rings. The second-order valence-corrected chi connectivity index (χ2v) is 3.36. The Labute approximate surface area is 94.3 Å². The molecule has 2 rings (SSSR count). The van der Waals surface area contributed by atoms with Crippen molar-refractivity contribution in [2.75, 3.05) is 0 Å². The van der Waals surface area contributed by atoms with Crippen LogP contribution in [0.25, 0.3) is 0 Å². The van der Waals surface area contributed by atoms with Gasteiger partial charge in [-0.25, -0.2) is 4.98 Å². The molecule has 0 radical (unpaired) electrons. The summed E-state index contributed by atoms with van der Waals surface area (Å²) in [5.74, 6) is 2.01. The van der Waals surface area contributed by atoms with Crippen LogP contribution in [0.3, 0.4) is 0 Å². The first kappa shape index (κ1) is 10.1. The van der Waals surface area contributed by atoms with Gasteiger partial charge in [-0.15, -0.1) is 0 Å². The van der Waals surface area contributed by atoms with Crippen molar-refractivity contribution in [2.24, 2.45) is 0 Å². The molecule has 1 aromatic heterocycles. The average molecular weight is 217 g/mol. The summed E-state index contributed by atoms with van der Waals surface area (Å²) in [4.78, 5) is 4.29. The maximum Gasteiger partial charge on any atom is 0.219 e. The minimum Gasteiger partial charge on any atom is -0.439 e. The number of benzene rings is 1. The quantitative estimate of drug-likeness (QED) is 0.797. The minimum absolute atomic E-state index is 0.604. The normalized spacial score (nSPS) is 9.93. The Balaban J connectivity index is 2.17. The molecule has 0 amide bonds. The van der Waals surface area contributed by atoms with E-state index in [1.54, 1.807) is 0 Å². The number of aromatic nitrogens is 1. The lowest BCUT2D eigenvalue weighted by atomic mass is 10.3. The highest BCUT2D eigenvalue weighted by Gasteiger charge is 1.98. The first-order chi connectivity index (χ1) is 7.38. The van der Waals surface area contributed by atoms with E-state index in [9.17, 15) is 0 Å². The van der Waals surface area contributed by atoms with Crippen LogP contribution in [0.2, 0.25) is 0 Å². The van der Waals surface area contributed by atoms with Crippen molar-refractivity contribution in [3.63, 3.8) is 0 Å². The zero-order valence-corrected chi connectivity index (χ0v) is 9.02. The molecule has 0 saturated carbocycles. The summed E-state index contributed by atoms with van der Waals surface area (Å²) in [7, 11) is 0. The van der Waals surface area contributed by atoms with E-state index in [4.69, 9.17) is 4.74 Å². The number of para-hydroxylation sites is 1. The average Bonchev–Trinajstić information content (AvgIpc) is 2.31. The van der Waals surface area contributed by atoms with E-state index < -0.39 is 0 Å².